The molecule has 0 saturated heterocycles. The van der Waals surface area contributed by atoms with E-state index in [4.69, 9.17) is 0 Å². The topological polar surface area (TPSA) is 102 Å². The van der Waals surface area contributed by atoms with E-state index in [1.807, 2.05) is 0 Å². The van der Waals surface area contributed by atoms with Crippen LogP contribution in [0.2, 0.25) is 0 Å². The van der Waals surface area contributed by atoms with Crippen LogP contribution in [0.3, 0.4) is 0 Å². The van der Waals surface area contributed by atoms with Crippen molar-refractivity contribution in [2.45, 2.75) is 45.7 Å². The first-order chi connectivity index (χ1) is 15.7. The number of aryl methyl sites for hydroxylation is 1. The van der Waals surface area contributed by atoms with Gasteiger partial charge in [-0.25, -0.2) is 9.48 Å². The molecule has 33 heavy (non-hydrogen) atoms. The van der Waals surface area contributed by atoms with Crippen LogP contribution in [0.5, 0.6) is 0 Å². The number of hydrogen-bond acceptors (Lipinski definition) is 4. The van der Waals surface area contributed by atoms with Crippen LogP contribution >= 0.6 is 0 Å². The molecule has 2 heterocycles. The summed E-state index contributed by atoms with van der Waals surface area (Å²) in [5.74, 6) is 0.334. The summed E-state index contributed by atoms with van der Waals surface area (Å²) >= 11 is 0. The average molecular weight is 446 g/mol. The number of aromatic amines is 1. The molecule has 0 bridgehead atoms. The molecular weight excluding hydrogens is 418 g/mol. The third-order valence-corrected chi connectivity index (χ3v) is 5.60. The lowest BCUT2D eigenvalue weighted by atomic mass is 9.87. The number of benzene rings is 2. The molecule has 0 fully saturated rings. The number of anilines is 1. The summed E-state index contributed by atoms with van der Waals surface area (Å²) in [7, 11) is 0. The second-order valence-electron chi connectivity index (χ2n) is 9.05. The van der Waals surface area contributed by atoms with Gasteiger partial charge in [-0.2, -0.15) is 5.10 Å². The Morgan fingerprint density at radius 1 is 1.03 bits per heavy atom. The van der Waals surface area contributed by atoms with Crippen LogP contribution in [0, 0.1) is 0 Å². The molecule has 4 aromatic rings. The Bertz CT molecular complexity index is 1400. The van der Waals surface area contributed by atoms with E-state index >= 15 is 0 Å². The molecule has 0 saturated carbocycles. The summed E-state index contributed by atoms with van der Waals surface area (Å²) < 4.78 is 3.13. The Hall–Kier alpha value is -3.94. The smallest absolute Gasteiger partial charge is 0.311 e. The minimum Gasteiger partial charge on any atom is -0.311 e. The number of aromatic nitrogens is 4. The van der Waals surface area contributed by atoms with Crippen molar-refractivity contribution in [3.63, 3.8) is 0 Å². The van der Waals surface area contributed by atoms with Gasteiger partial charge in [0.2, 0.25) is 5.91 Å². The highest BCUT2D eigenvalue weighted by Gasteiger charge is 2.14. The molecule has 0 unspecified atom stereocenters. The molecule has 1 amide bonds. The molecule has 2 aromatic heterocycles. The maximum atomic E-state index is 12.6. The van der Waals surface area contributed by atoms with Crippen molar-refractivity contribution in [2.75, 3.05) is 5.32 Å². The highest BCUT2D eigenvalue weighted by atomic mass is 16.2. The molecule has 170 valence electrons. The van der Waals surface area contributed by atoms with Gasteiger partial charge >= 0.3 is 5.69 Å². The number of hydrogen-bond donors (Lipinski definition) is 2. The summed E-state index contributed by atoms with van der Waals surface area (Å²) in [5.41, 5.74) is 1.95. The van der Waals surface area contributed by atoms with E-state index < -0.39 is 11.2 Å². The second kappa shape index (κ2) is 8.90. The van der Waals surface area contributed by atoms with Crippen LogP contribution < -0.4 is 16.6 Å². The minimum atomic E-state index is -0.532. The third kappa shape index (κ3) is 4.95. The van der Waals surface area contributed by atoms with E-state index in [1.54, 1.807) is 41.2 Å². The van der Waals surface area contributed by atoms with Crippen molar-refractivity contribution in [1.29, 1.82) is 0 Å². The molecule has 0 aliphatic rings. The summed E-state index contributed by atoms with van der Waals surface area (Å²) in [5, 5.41) is 7.61. The zero-order valence-electron chi connectivity index (χ0n) is 19.0. The van der Waals surface area contributed by atoms with Crippen molar-refractivity contribution in [2.24, 2.45) is 0 Å². The quantitative estimate of drug-likeness (QED) is 0.476. The molecule has 2 aromatic carbocycles. The van der Waals surface area contributed by atoms with Crippen molar-refractivity contribution in [3.8, 4) is 0 Å². The number of H-pyrrole nitrogens is 1. The number of nitrogens with one attached hydrogen (secondary N) is 2. The maximum Gasteiger partial charge on any atom is 0.328 e. The Morgan fingerprint density at radius 3 is 2.48 bits per heavy atom. The van der Waals surface area contributed by atoms with Gasteiger partial charge in [0.25, 0.3) is 5.56 Å². The van der Waals surface area contributed by atoms with Gasteiger partial charge < -0.3 is 5.32 Å². The Labute approximate surface area is 190 Å². The van der Waals surface area contributed by atoms with E-state index in [-0.39, 0.29) is 24.3 Å². The molecule has 0 spiro atoms. The summed E-state index contributed by atoms with van der Waals surface area (Å²) in [6, 6.07) is 16.9. The molecule has 8 heteroatoms. The van der Waals surface area contributed by atoms with E-state index in [2.05, 4.69) is 60.4 Å². The number of fused-ring (bicyclic) bond motifs is 1. The van der Waals surface area contributed by atoms with Crippen LogP contribution in [0.4, 0.5) is 5.82 Å². The molecule has 0 atom stereocenters. The lowest BCUT2D eigenvalue weighted by molar-refractivity contribution is -0.116. The highest BCUT2D eigenvalue weighted by Crippen LogP contribution is 2.22. The van der Waals surface area contributed by atoms with Crippen molar-refractivity contribution in [3.05, 3.63) is 92.8 Å². The number of rotatable bonds is 6. The zero-order valence-corrected chi connectivity index (χ0v) is 19.0. The number of carbonyl (C=O) groups excluding carboxylic acids is 1. The van der Waals surface area contributed by atoms with Gasteiger partial charge in [0.15, 0.2) is 0 Å². The second-order valence-corrected chi connectivity index (χ2v) is 9.05. The Kier molecular flexibility index (Phi) is 6.00. The molecule has 0 radical (unpaired) electrons. The first-order valence-corrected chi connectivity index (χ1v) is 10.9. The summed E-state index contributed by atoms with van der Waals surface area (Å²) in [6.07, 6.45) is 1.71. The van der Waals surface area contributed by atoms with E-state index in [1.165, 1.54) is 10.1 Å². The first-order valence-electron chi connectivity index (χ1n) is 10.9. The van der Waals surface area contributed by atoms with Gasteiger partial charge in [0, 0.05) is 19.0 Å². The largest absolute Gasteiger partial charge is 0.328 e. The predicted molar refractivity (Wildman–Crippen MR) is 129 cm³/mol. The SMILES string of the molecule is CC(C)(C)c1ccc(Cn2nccc2NC(=O)CCn2c(=O)[nH]c(=O)c3ccccc32)cc1. The number of para-hydroxylation sites is 1. The van der Waals surface area contributed by atoms with Gasteiger partial charge in [-0.3, -0.25) is 19.1 Å². The van der Waals surface area contributed by atoms with E-state index in [0.717, 1.165) is 5.56 Å². The fourth-order valence-electron chi connectivity index (χ4n) is 3.73. The molecule has 4 rings (SSSR count). The standard InChI is InChI=1S/C25H27N5O3/c1-25(2,3)18-10-8-17(9-11-18)16-30-21(12-14-26-30)27-22(31)13-15-29-20-7-5-4-6-19(20)23(32)28-24(29)33/h4-12,14H,13,15-16H2,1-3H3,(H,27,31)(H,28,32,33). The van der Waals surface area contributed by atoms with Gasteiger partial charge in [-0.15, -0.1) is 0 Å². The van der Waals surface area contributed by atoms with Gasteiger partial charge in [0.05, 0.1) is 23.6 Å². The van der Waals surface area contributed by atoms with Gasteiger partial charge in [0.1, 0.15) is 5.82 Å². The lowest BCUT2D eigenvalue weighted by Gasteiger charge is -2.19. The first kappa shape index (κ1) is 22.3. The minimum absolute atomic E-state index is 0.0708. The van der Waals surface area contributed by atoms with E-state index in [0.29, 0.717) is 23.3 Å². The number of nitrogens with zero attached hydrogens (tertiary/aromatic N) is 3. The number of carbonyl (C=O) groups is 1. The average Bonchev–Trinajstić information content (AvgIpc) is 3.19. The van der Waals surface area contributed by atoms with Crippen LogP contribution in [0.15, 0.2) is 70.4 Å². The van der Waals surface area contributed by atoms with Gasteiger partial charge in [-0.1, -0.05) is 57.2 Å². The molecular formula is C25H27N5O3. The molecule has 0 aliphatic heterocycles. The van der Waals surface area contributed by atoms with Crippen molar-refractivity contribution in [1.82, 2.24) is 19.3 Å². The predicted octanol–water partition coefficient (Wildman–Crippen LogP) is 3.26. The highest BCUT2D eigenvalue weighted by molar-refractivity contribution is 5.90. The Balaban J connectivity index is 1.44. The zero-order chi connectivity index (χ0) is 23.6. The van der Waals surface area contributed by atoms with Crippen LogP contribution in [0.1, 0.15) is 38.3 Å². The van der Waals surface area contributed by atoms with Crippen LogP contribution in [-0.2, 0) is 23.3 Å². The van der Waals surface area contributed by atoms with E-state index in [9.17, 15) is 14.4 Å². The van der Waals surface area contributed by atoms with Gasteiger partial charge in [-0.05, 0) is 28.7 Å². The van der Waals surface area contributed by atoms with Crippen molar-refractivity contribution < 1.29 is 4.79 Å². The summed E-state index contributed by atoms with van der Waals surface area (Å²) in [6.45, 7) is 7.19. The molecule has 2 N–H and O–H groups in total. The summed E-state index contributed by atoms with van der Waals surface area (Å²) in [4.78, 5) is 39.2. The monoisotopic (exact) mass is 445 g/mol. The van der Waals surface area contributed by atoms with Crippen molar-refractivity contribution >= 4 is 22.6 Å². The molecule has 8 nitrogen and oxygen atoms in total. The lowest BCUT2D eigenvalue weighted by Crippen LogP contribution is -2.31. The van der Waals surface area contributed by atoms with Crippen LogP contribution in [0.25, 0.3) is 10.9 Å². The third-order valence-electron chi connectivity index (χ3n) is 5.60. The normalized spacial score (nSPS) is 11.6. The van der Waals surface area contributed by atoms with Crippen LogP contribution in [-0.4, -0.2) is 25.2 Å². The fraction of sp³-hybridized carbons (Fsp3) is 0.280. The fourth-order valence-corrected chi connectivity index (χ4v) is 3.73. The maximum absolute atomic E-state index is 12.6. The molecule has 0 aliphatic carbocycles. The number of amides is 1. The Morgan fingerprint density at radius 2 is 1.76 bits per heavy atom.